The Hall–Kier alpha value is -1.38. The van der Waals surface area contributed by atoms with Crippen molar-refractivity contribution in [3.05, 3.63) is 51.1 Å². The summed E-state index contributed by atoms with van der Waals surface area (Å²) in [5.74, 6) is -0.162. The van der Waals surface area contributed by atoms with Crippen molar-refractivity contribution < 1.29 is 23.7 Å². The number of ether oxygens (including phenoxy) is 4. The Morgan fingerprint density at radius 3 is 2.58 bits per heavy atom. The molecule has 166 valence electrons. The molecule has 3 aliphatic carbocycles. The van der Waals surface area contributed by atoms with E-state index in [1.54, 1.807) is 0 Å². The maximum Gasteiger partial charge on any atom is 0.355 e. The number of allylic oxidation sites excluding steroid dienone is 2. The molecule has 4 aliphatic rings. The highest BCUT2D eigenvalue weighted by Gasteiger charge is 2.72. The first-order valence-corrected chi connectivity index (χ1v) is 12.2. The number of hydrogen-bond donors (Lipinski definition) is 0. The Kier molecular flexibility index (Phi) is 5.07. The summed E-state index contributed by atoms with van der Waals surface area (Å²) in [4.78, 5) is 13.3. The highest BCUT2D eigenvalue weighted by Crippen LogP contribution is 2.70. The summed E-state index contributed by atoms with van der Waals surface area (Å²) >= 11 is 2.25. The minimum absolute atomic E-state index is 0.248. The summed E-state index contributed by atoms with van der Waals surface area (Å²) < 4.78 is 25.5. The van der Waals surface area contributed by atoms with Gasteiger partial charge in [0.1, 0.15) is 5.75 Å². The summed E-state index contributed by atoms with van der Waals surface area (Å²) in [6, 6.07) is 7.81. The number of para-hydroxylation sites is 1. The number of hydrogen-bond acceptors (Lipinski definition) is 5. The molecule has 6 heteroatoms. The number of benzene rings is 1. The molecule has 1 saturated heterocycles. The van der Waals surface area contributed by atoms with E-state index in [0.717, 1.165) is 28.4 Å². The Morgan fingerprint density at radius 2 is 1.87 bits per heavy atom. The standard InChI is InChI=1S/C25H29IO5/c1-4-28-21(27)24(31-18-9-6-5-8-17(18)26)16-22(2)19-10-7-12-25(29-14-15-30-25)23(19,3)13-11-20(22)24/h5-6,8-11H,4,7,12-16H2,1-3H3/t22-,23+,24-/m1/s1. The molecule has 3 atom stereocenters. The lowest BCUT2D eigenvalue weighted by molar-refractivity contribution is -0.236. The van der Waals surface area contributed by atoms with E-state index in [-0.39, 0.29) is 16.8 Å². The molecule has 1 aromatic rings. The Balaban J connectivity index is 1.58. The van der Waals surface area contributed by atoms with Gasteiger partial charge in [-0.1, -0.05) is 43.7 Å². The molecule has 0 bridgehead atoms. The van der Waals surface area contributed by atoms with Gasteiger partial charge in [-0.3, -0.25) is 0 Å². The Labute approximate surface area is 197 Å². The largest absolute Gasteiger partial charge is 0.470 e. The van der Waals surface area contributed by atoms with Crippen molar-refractivity contribution in [3.63, 3.8) is 0 Å². The van der Waals surface area contributed by atoms with Gasteiger partial charge in [0.2, 0.25) is 5.60 Å². The second kappa shape index (κ2) is 7.32. The molecule has 0 N–H and O–H groups in total. The summed E-state index contributed by atoms with van der Waals surface area (Å²) in [7, 11) is 0. The van der Waals surface area contributed by atoms with Crippen molar-refractivity contribution in [1.82, 2.24) is 0 Å². The van der Waals surface area contributed by atoms with Gasteiger partial charge in [-0.25, -0.2) is 4.79 Å². The highest BCUT2D eigenvalue weighted by molar-refractivity contribution is 14.1. The minimum atomic E-state index is -1.09. The fourth-order valence-corrected chi connectivity index (χ4v) is 6.87. The average Bonchev–Trinajstić information content (AvgIpc) is 3.20. The van der Waals surface area contributed by atoms with Gasteiger partial charge in [0, 0.05) is 23.7 Å². The van der Waals surface area contributed by atoms with Gasteiger partial charge >= 0.3 is 5.97 Å². The van der Waals surface area contributed by atoms with Crippen molar-refractivity contribution in [2.75, 3.05) is 19.8 Å². The van der Waals surface area contributed by atoms with E-state index >= 15 is 0 Å². The van der Waals surface area contributed by atoms with E-state index in [9.17, 15) is 4.79 Å². The van der Waals surface area contributed by atoms with Crippen LogP contribution in [-0.2, 0) is 19.0 Å². The fraction of sp³-hybridized carbons (Fsp3) is 0.560. The Bertz CT molecular complexity index is 978. The van der Waals surface area contributed by atoms with Crippen LogP contribution in [0.5, 0.6) is 5.75 Å². The van der Waals surface area contributed by atoms with E-state index in [0.29, 0.717) is 32.0 Å². The molecule has 1 aromatic carbocycles. The summed E-state index contributed by atoms with van der Waals surface area (Å²) in [6.45, 7) is 7.92. The van der Waals surface area contributed by atoms with Gasteiger partial charge in [-0.05, 0) is 60.1 Å². The normalized spacial score (nSPS) is 35.4. The zero-order valence-electron chi connectivity index (χ0n) is 18.3. The van der Waals surface area contributed by atoms with E-state index in [1.165, 1.54) is 5.57 Å². The van der Waals surface area contributed by atoms with Gasteiger partial charge in [0.05, 0.1) is 23.4 Å². The van der Waals surface area contributed by atoms with E-state index in [1.807, 2.05) is 31.2 Å². The third-order valence-corrected chi connectivity index (χ3v) is 8.57. The van der Waals surface area contributed by atoms with Crippen molar-refractivity contribution in [1.29, 1.82) is 0 Å². The van der Waals surface area contributed by atoms with Crippen LogP contribution in [0.4, 0.5) is 0 Å². The third kappa shape index (κ3) is 2.83. The molecule has 0 radical (unpaired) electrons. The zero-order chi connectivity index (χ0) is 21.9. The topological polar surface area (TPSA) is 54.0 Å². The molecule has 31 heavy (non-hydrogen) atoms. The number of carbonyl (C=O) groups excluding carboxylic acids is 1. The summed E-state index contributed by atoms with van der Waals surface area (Å²) in [5, 5.41) is 0. The summed E-state index contributed by atoms with van der Waals surface area (Å²) in [5.41, 5.74) is 0.717. The van der Waals surface area contributed by atoms with E-state index in [4.69, 9.17) is 18.9 Å². The van der Waals surface area contributed by atoms with Gasteiger partial charge in [0.15, 0.2) is 5.79 Å². The first-order chi connectivity index (χ1) is 14.8. The third-order valence-electron chi connectivity index (χ3n) is 7.68. The zero-order valence-corrected chi connectivity index (χ0v) is 20.5. The maximum atomic E-state index is 13.3. The Morgan fingerprint density at radius 1 is 1.13 bits per heavy atom. The average molecular weight is 536 g/mol. The molecule has 1 aliphatic heterocycles. The lowest BCUT2D eigenvalue weighted by atomic mass is 9.43. The monoisotopic (exact) mass is 536 g/mol. The number of halogens is 1. The van der Waals surface area contributed by atoms with Crippen LogP contribution in [0.2, 0.25) is 0 Å². The van der Waals surface area contributed by atoms with Crippen molar-refractivity contribution in [2.45, 2.75) is 57.8 Å². The van der Waals surface area contributed by atoms with Crippen LogP contribution in [0.25, 0.3) is 0 Å². The van der Waals surface area contributed by atoms with E-state index in [2.05, 4.69) is 48.6 Å². The highest BCUT2D eigenvalue weighted by atomic mass is 127. The molecule has 1 heterocycles. The molecule has 0 aromatic heterocycles. The molecule has 5 nitrogen and oxygen atoms in total. The van der Waals surface area contributed by atoms with Crippen LogP contribution in [0.3, 0.4) is 0 Å². The fourth-order valence-electron chi connectivity index (χ4n) is 6.37. The van der Waals surface area contributed by atoms with Crippen molar-refractivity contribution in [2.24, 2.45) is 10.8 Å². The van der Waals surface area contributed by atoms with Crippen LogP contribution in [-0.4, -0.2) is 37.2 Å². The second-order valence-corrected chi connectivity index (χ2v) is 10.5. The minimum Gasteiger partial charge on any atom is -0.470 e. The molecule has 0 amide bonds. The van der Waals surface area contributed by atoms with Gasteiger partial charge in [-0.2, -0.15) is 0 Å². The molecule has 0 unspecified atom stereocenters. The number of fused-ring (bicyclic) bond motifs is 4. The van der Waals surface area contributed by atoms with Crippen molar-refractivity contribution in [3.8, 4) is 5.75 Å². The smallest absolute Gasteiger partial charge is 0.355 e. The SMILES string of the molecule is CCOC(=O)[C@@]1(Oc2ccccc2I)C[C@@]2(C)C1=CC[C@@]1(C)C2=CCCC12OCCO2. The molecule has 1 spiro atoms. The first kappa shape index (κ1) is 21.5. The number of rotatable bonds is 4. The van der Waals surface area contributed by atoms with Crippen molar-refractivity contribution >= 4 is 28.6 Å². The quantitative estimate of drug-likeness (QED) is 0.302. The molecular weight excluding hydrogens is 507 g/mol. The van der Waals surface area contributed by atoms with Crippen LogP contribution in [0.15, 0.2) is 47.6 Å². The molecule has 2 fully saturated rings. The molecule has 5 rings (SSSR count). The molecule has 1 saturated carbocycles. The first-order valence-electron chi connectivity index (χ1n) is 11.1. The lowest BCUT2D eigenvalue weighted by Crippen LogP contribution is -2.67. The van der Waals surface area contributed by atoms with Crippen LogP contribution in [0.1, 0.15) is 46.5 Å². The van der Waals surface area contributed by atoms with Crippen LogP contribution >= 0.6 is 22.6 Å². The van der Waals surface area contributed by atoms with Gasteiger partial charge in [-0.15, -0.1) is 0 Å². The number of esters is 1. The van der Waals surface area contributed by atoms with Gasteiger partial charge < -0.3 is 18.9 Å². The molecular formula is C25H29IO5. The predicted octanol–water partition coefficient (Wildman–Crippen LogP) is 5.18. The maximum absolute atomic E-state index is 13.3. The predicted molar refractivity (Wildman–Crippen MR) is 125 cm³/mol. The van der Waals surface area contributed by atoms with E-state index < -0.39 is 11.4 Å². The summed E-state index contributed by atoms with van der Waals surface area (Å²) in [6.07, 6.45) is 7.63. The van der Waals surface area contributed by atoms with Crippen LogP contribution < -0.4 is 4.74 Å². The lowest BCUT2D eigenvalue weighted by Gasteiger charge is -2.64. The van der Waals surface area contributed by atoms with Crippen LogP contribution in [0, 0.1) is 14.4 Å². The second-order valence-electron chi connectivity index (χ2n) is 9.35. The van der Waals surface area contributed by atoms with Gasteiger partial charge in [0.25, 0.3) is 0 Å². The number of carbonyl (C=O) groups is 1.